The van der Waals surface area contributed by atoms with Crippen LogP contribution in [0.15, 0.2) is 70.3 Å². The van der Waals surface area contributed by atoms with Crippen LogP contribution in [-0.4, -0.2) is 94.7 Å². The lowest BCUT2D eigenvalue weighted by atomic mass is 9.98. The van der Waals surface area contributed by atoms with Crippen molar-refractivity contribution in [2.75, 3.05) is 31.0 Å². The van der Waals surface area contributed by atoms with E-state index in [1.165, 1.54) is 28.4 Å². The smallest absolute Gasteiger partial charge is 0.328 e. The van der Waals surface area contributed by atoms with Crippen molar-refractivity contribution in [1.29, 1.82) is 0 Å². The predicted octanol–water partition coefficient (Wildman–Crippen LogP) is 5.70. The average Bonchev–Trinajstić information content (AvgIpc) is 3.33. The Hall–Kier alpha value is -7.51. The summed E-state index contributed by atoms with van der Waals surface area (Å²) in [6, 6.07) is 14.4. The van der Waals surface area contributed by atoms with E-state index >= 15 is 0 Å². The van der Waals surface area contributed by atoms with Crippen molar-refractivity contribution in [2.24, 2.45) is 17.8 Å². The fourth-order valence-corrected chi connectivity index (χ4v) is 7.83. The highest BCUT2D eigenvalue weighted by Gasteiger charge is 2.33. The van der Waals surface area contributed by atoms with E-state index in [1.807, 2.05) is 50.2 Å². The van der Waals surface area contributed by atoms with Crippen molar-refractivity contribution in [3.05, 3.63) is 92.8 Å². The molecule has 2 heterocycles. The van der Waals surface area contributed by atoms with E-state index in [-0.39, 0.29) is 67.6 Å². The molecule has 0 bridgehead atoms. The molecule has 0 saturated heterocycles. The number of pyridine rings is 2. The maximum absolute atomic E-state index is 13.5. The fraction of sp³-hybridized carbons (Fsp3) is 0.509. The third-order valence-electron chi connectivity index (χ3n) is 11.8. The Bertz CT molecular complexity index is 2810. The molecule has 0 aliphatic heterocycles. The zero-order valence-electron chi connectivity index (χ0n) is 45.3. The molecule has 0 spiro atoms. The summed E-state index contributed by atoms with van der Waals surface area (Å²) in [4.78, 5) is 117. The molecule has 5 amide bonds. The van der Waals surface area contributed by atoms with Crippen LogP contribution >= 0.6 is 0 Å². The molecule has 75 heavy (non-hydrogen) atoms. The van der Waals surface area contributed by atoms with Crippen LogP contribution in [0.4, 0.5) is 11.4 Å². The van der Waals surface area contributed by atoms with Crippen LogP contribution in [0.25, 0.3) is 10.8 Å². The first-order valence-corrected chi connectivity index (χ1v) is 25.3. The zero-order chi connectivity index (χ0) is 55.7. The molecule has 0 aliphatic rings. The summed E-state index contributed by atoms with van der Waals surface area (Å²) in [5.41, 5.74) is -1.16. The maximum Gasteiger partial charge on any atom is 0.328 e. The first-order chi connectivity index (χ1) is 35.3. The van der Waals surface area contributed by atoms with E-state index in [0.717, 1.165) is 10.8 Å². The highest BCUT2D eigenvalue weighted by molar-refractivity contribution is 5.94. The summed E-state index contributed by atoms with van der Waals surface area (Å²) in [5.74, 6) is -3.06. The summed E-state index contributed by atoms with van der Waals surface area (Å²) in [6.45, 7) is 19.0. The van der Waals surface area contributed by atoms with Gasteiger partial charge in [0.25, 0.3) is 11.1 Å². The second kappa shape index (κ2) is 27.7. The predicted molar refractivity (Wildman–Crippen MR) is 284 cm³/mol. The summed E-state index contributed by atoms with van der Waals surface area (Å²) < 4.78 is 24.5. The van der Waals surface area contributed by atoms with E-state index in [0.29, 0.717) is 42.1 Å². The lowest BCUT2D eigenvalue weighted by molar-refractivity contribution is -0.155. The first-order valence-electron chi connectivity index (χ1n) is 25.3. The van der Waals surface area contributed by atoms with Gasteiger partial charge in [0, 0.05) is 24.2 Å². The number of rotatable bonds is 26. The molecular formula is C55H75N7O13. The van der Waals surface area contributed by atoms with E-state index in [1.54, 1.807) is 74.4 Å². The summed E-state index contributed by atoms with van der Waals surface area (Å²) in [5, 5.41) is 15.2. The van der Waals surface area contributed by atoms with Crippen LogP contribution < -0.4 is 47.2 Å². The molecule has 0 aliphatic carbocycles. The third-order valence-corrected chi connectivity index (χ3v) is 11.8. The van der Waals surface area contributed by atoms with Gasteiger partial charge in [0.05, 0.1) is 20.3 Å². The molecule has 0 saturated carbocycles. The number of fused-ring (bicyclic) bond motifs is 1. The number of carbonyl (C=O) groups is 7. The number of methoxy groups -OCH3 is 1. The van der Waals surface area contributed by atoms with E-state index in [4.69, 9.17) is 18.9 Å². The Morgan fingerprint density at radius 1 is 0.587 bits per heavy atom. The van der Waals surface area contributed by atoms with Crippen molar-refractivity contribution >= 4 is 63.6 Å². The van der Waals surface area contributed by atoms with Gasteiger partial charge in [0.1, 0.15) is 59.7 Å². The van der Waals surface area contributed by atoms with E-state index < -0.39 is 77.0 Å². The first kappa shape index (κ1) is 60.0. The van der Waals surface area contributed by atoms with Crippen LogP contribution in [-0.2, 0) is 56.1 Å². The van der Waals surface area contributed by atoms with Gasteiger partial charge in [-0.2, -0.15) is 0 Å². The normalized spacial score (nSPS) is 12.6. The molecular weight excluding hydrogens is 967 g/mol. The van der Waals surface area contributed by atoms with Crippen molar-refractivity contribution < 1.29 is 52.5 Å². The largest absolute Gasteiger partial charge is 0.494 e. The molecule has 2 aromatic heterocycles. The Morgan fingerprint density at radius 2 is 1.09 bits per heavy atom. The van der Waals surface area contributed by atoms with Crippen molar-refractivity contribution in [3.8, 4) is 11.5 Å². The van der Waals surface area contributed by atoms with Gasteiger partial charge in [-0.05, 0) is 131 Å². The zero-order valence-corrected chi connectivity index (χ0v) is 45.3. The van der Waals surface area contributed by atoms with Crippen LogP contribution in [0, 0.1) is 31.6 Å². The lowest BCUT2D eigenvalue weighted by Crippen LogP contribution is -2.57. The van der Waals surface area contributed by atoms with E-state index in [2.05, 4.69) is 26.6 Å². The Morgan fingerprint density at radius 3 is 1.59 bits per heavy atom. The second-order valence-corrected chi connectivity index (χ2v) is 20.6. The van der Waals surface area contributed by atoms with Gasteiger partial charge in [0.15, 0.2) is 0 Å². The van der Waals surface area contributed by atoms with Crippen LogP contribution in [0.2, 0.25) is 0 Å². The highest BCUT2D eigenvalue weighted by Crippen LogP contribution is 2.26. The minimum atomic E-state index is -0.939. The Labute approximate surface area is 438 Å². The van der Waals surface area contributed by atoms with Crippen molar-refractivity contribution in [1.82, 2.24) is 25.1 Å². The molecule has 20 nitrogen and oxygen atoms in total. The van der Waals surface area contributed by atoms with Gasteiger partial charge in [-0.25, -0.2) is 4.79 Å². The van der Waals surface area contributed by atoms with Gasteiger partial charge in [0.2, 0.25) is 29.5 Å². The number of hydrogen-bond donors (Lipinski definition) is 5. The number of benzene rings is 2. The number of ether oxygens (including phenoxy) is 4. The highest BCUT2D eigenvalue weighted by atomic mass is 16.6. The van der Waals surface area contributed by atoms with Gasteiger partial charge in [-0.3, -0.25) is 42.9 Å². The number of aryl methyl sites for hydroxylation is 2. The molecule has 4 aromatic rings. The monoisotopic (exact) mass is 1040 g/mol. The lowest BCUT2D eigenvalue weighted by Gasteiger charge is -2.28. The topological polar surface area (TPSA) is 261 Å². The number of aromatic nitrogens is 2. The van der Waals surface area contributed by atoms with Crippen LogP contribution in [0.3, 0.4) is 0 Å². The molecule has 408 valence electrons. The molecule has 0 radical (unpaired) electrons. The Kier molecular flexibility index (Phi) is 22.2. The number of nitrogens with one attached hydrogen (secondary N) is 5. The summed E-state index contributed by atoms with van der Waals surface area (Å²) >= 11 is 0. The fourth-order valence-electron chi connectivity index (χ4n) is 7.83. The van der Waals surface area contributed by atoms with Crippen LogP contribution in [0.1, 0.15) is 106 Å². The van der Waals surface area contributed by atoms with Gasteiger partial charge < -0.3 is 50.1 Å². The van der Waals surface area contributed by atoms with Crippen molar-refractivity contribution in [3.63, 3.8) is 0 Å². The standard InChI is InChI=1S/C55H75N7O13/c1-32(2)27-43(50(67)60-49(34(5)6)54(71)72-12)58-51(68)48(33(3)4)59-45(64)16-14-26-74-40-22-20-37-19-21-39(28-38(37)29-40)73-25-13-15-44(63)56-41-23-17-35(7)61(52(41)69)30-46(65)57-42-24-18-36(8)62(53(42)70)31-47(66)75-55(9,10)11/h17-24,28-29,32-34,43,48-49H,13-16,25-27,30-31H2,1-12H3,(H,56,63)(H,57,65)(H,58,68)(H,59,64)(H,60,67)/t43-,48-,49-/m0/s1. The van der Waals surface area contributed by atoms with Gasteiger partial charge in [-0.1, -0.05) is 53.7 Å². The van der Waals surface area contributed by atoms with Crippen molar-refractivity contribution in [2.45, 2.75) is 145 Å². The molecule has 5 N–H and O–H groups in total. The maximum atomic E-state index is 13.5. The summed E-state index contributed by atoms with van der Waals surface area (Å²) in [6.07, 6.45) is 1.09. The number of nitrogens with zero attached hydrogens (tertiary/aromatic N) is 2. The summed E-state index contributed by atoms with van der Waals surface area (Å²) in [7, 11) is 1.24. The molecule has 20 heteroatoms. The molecule has 3 atom stereocenters. The average molecular weight is 1040 g/mol. The SMILES string of the molecule is COC(=O)[C@@H](NC(=O)[C@H](CC(C)C)NC(=O)[C@@H](NC(=O)CCCOc1ccc2ccc(OCCCC(=O)Nc3ccc(C)n(CC(=O)Nc4ccc(C)n(CC(=O)OC(C)(C)C)c4=O)c3=O)cc2c1)C(C)C)C(C)C. The number of carbonyl (C=O) groups excluding carboxylic acids is 7. The number of esters is 2. The number of hydrogen-bond acceptors (Lipinski definition) is 13. The quantitative estimate of drug-likeness (QED) is 0.0374. The third kappa shape index (κ3) is 18.7. The minimum absolute atomic E-state index is 0.0280. The Balaban J connectivity index is 1.25. The number of anilines is 2. The molecule has 0 unspecified atom stereocenters. The molecule has 2 aromatic carbocycles. The van der Waals surface area contributed by atoms with Crippen LogP contribution in [0.5, 0.6) is 11.5 Å². The second-order valence-electron chi connectivity index (χ2n) is 20.6. The molecule has 4 rings (SSSR count). The number of amides is 5. The minimum Gasteiger partial charge on any atom is -0.494 e. The molecule has 0 fully saturated rings. The van der Waals surface area contributed by atoms with Gasteiger partial charge >= 0.3 is 11.9 Å². The van der Waals surface area contributed by atoms with Gasteiger partial charge in [-0.15, -0.1) is 0 Å². The van der Waals surface area contributed by atoms with E-state index in [9.17, 15) is 43.2 Å².